The van der Waals surface area contributed by atoms with Crippen molar-refractivity contribution in [2.24, 2.45) is 0 Å². The van der Waals surface area contributed by atoms with Gasteiger partial charge in [-0.15, -0.1) is 10.2 Å². The van der Waals surface area contributed by atoms with Crippen LogP contribution >= 0.6 is 11.3 Å². The fourth-order valence-corrected chi connectivity index (χ4v) is 3.53. The van der Waals surface area contributed by atoms with Gasteiger partial charge in [-0.1, -0.05) is 29.5 Å². The van der Waals surface area contributed by atoms with E-state index < -0.39 is 0 Å². The van der Waals surface area contributed by atoms with Crippen molar-refractivity contribution < 1.29 is 19.0 Å². The van der Waals surface area contributed by atoms with E-state index in [2.05, 4.69) is 15.5 Å². The van der Waals surface area contributed by atoms with E-state index in [9.17, 15) is 4.79 Å². The number of benzene rings is 2. The van der Waals surface area contributed by atoms with Gasteiger partial charge in [0.05, 0.1) is 7.11 Å². The predicted molar refractivity (Wildman–Crippen MR) is 111 cm³/mol. The van der Waals surface area contributed by atoms with Crippen LogP contribution in [0.5, 0.6) is 17.2 Å². The number of nitrogens with zero attached hydrogens (tertiary/aromatic N) is 2. The van der Waals surface area contributed by atoms with Crippen LogP contribution in [-0.2, 0) is 17.6 Å². The number of hydrogen-bond donors (Lipinski definition) is 1. The third-order valence-corrected chi connectivity index (χ3v) is 5.21. The van der Waals surface area contributed by atoms with Crippen LogP contribution in [0.4, 0.5) is 5.13 Å². The number of carbonyl (C=O) groups excluding carboxylic acids is 1. The summed E-state index contributed by atoms with van der Waals surface area (Å²) in [7, 11) is 1.65. The first-order chi connectivity index (χ1) is 14.2. The molecule has 7 nitrogen and oxygen atoms in total. The molecule has 0 aliphatic carbocycles. The normalized spacial score (nSPS) is 12.3. The van der Waals surface area contributed by atoms with Gasteiger partial charge in [0.25, 0.3) is 0 Å². The monoisotopic (exact) mass is 409 g/mol. The largest absolute Gasteiger partial charge is 0.497 e. The zero-order chi connectivity index (χ0) is 20.1. The average Bonchev–Trinajstić information content (AvgIpc) is 3.40. The molecule has 2 heterocycles. The second-order valence-electron chi connectivity index (χ2n) is 6.28. The number of rotatable bonds is 7. The Morgan fingerprint density at radius 3 is 2.79 bits per heavy atom. The van der Waals surface area contributed by atoms with Crippen LogP contribution in [0.15, 0.2) is 48.5 Å². The van der Waals surface area contributed by atoms with Crippen molar-refractivity contribution >= 4 is 28.5 Å². The van der Waals surface area contributed by atoms with E-state index in [1.165, 1.54) is 23.0 Å². The van der Waals surface area contributed by atoms with Gasteiger partial charge in [0.1, 0.15) is 10.8 Å². The molecule has 0 atom stereocenters. The molecule has 0 fully saturated rings. The predicted octanol–water partition coefficient (Wildman–Crippen LogP) is 3.71. The van der Waals surface area contributed by atoms with Crippen LogP contribution in [0.3, 0.4) is 0 Å². The highest BCUT2D eigenvalue weighted by Gasteiger charge is 2.12. The fourth-order valence-electron chi connectivity index (χ4n) is 2.78. The maximum absolute atomic E-state index is 12.1. The molecule has 1 aliphatic rings. The Kier molecular flexibility index (Phi) is 5.71. The highest BCUT2D eigenvalue weighted by molar-refractivity contribution is 7.15. The van der Waals surface area contributed by atoms with Crippen molar-refractivity contribution in [2.45, 2.75) is 12.8 Å². The first-order valence-corrected chi connectivity index (χ1v) is 9.85. The molecule has 1 aliphatic heterocycles. The lowest BCUT2D eigenvalue weighted by molar-refractivity contribution is -0.111. The number of aromatic nitrogens is 2. The minimum absolute atomic E-state index is 0.223. The number of carbonyl (C=O) groups is 1. The SMILES string of the molecule is COc1ccc(CCc2nnc(NC(=O)/C=C/c3ccc4c(c3)OCO4)s2)cc1. The van der Waals surface area contributed by atoms with Crippen LogP contribution in [0.25, 0.3) is 6.08 Å². The molecule has 0 saturated carbocycles. The average molecular weight is 409 g/mol. The summed E-state index contributed by atoms with van der Waals surface area (Å²) in [6.07, 6.45) is 4.77. The van der Waals surface area contributed by atoms with Crippen molar-refractivity contribution in [2.75, 3.05) is 19.2 Å². The van der Waals surface area contributed by atoms with Crippen LogP contribution in [-0.4, -0.2) is 30.0 Å². The zero-order valence-corrected chi connectivity index (χ0v) is 16.6. The van der Waals surface area contributed by atoms with Gasteiger partial charge >= 0.3 is 0 Å². The topological polar surface area (TPSA) is 82.6 Å². The number of aryl methyl sites for hydroxylation is 2. The lowest BCUT2D eigenvalue weighted by atomic mass is 10.1. The maximum atomic E-state index is 12.1. The molecule has 1 amide bonds. The molecule has 0 saturated heterocycles. The van der Waals surface area contributed by atoms with Crippen LogP contribution < -0.4 is 19.5 Å². The Labute approximate surface area is 172 Å². The molecule has 4 rings (SSSR count). The van der Waals surface area contributed by atoms with E-state index in [1.54, 1.807) is 13.2 Å². The van der Waals surface area contributed by atoms with Gasteiger partial charge in [-0.3, -0.25) is 10.1 Å². The summed E-state index contributed by atoms with van der Waals surface area (Å²) in [6, 6.07) is 13.4. The molecular weight excluding hydrogens is 390 g/mol. The van der Waals surface area contributed by atoms with Crippen molar-refractivity contribution in [1.82, 2.24) is 10.2 Å². The van der Waals surface area contributed by atoms with E-state index >= 15 is 0 Å². The molecule has 1 aromatic heterocycles. The number of methoxy groups -OCH3 is 1. The summed E-state index contributed by atoms with van der Waals surface area (Å²) in [5.41, 5.74) is 2.04. The van der Waals surface area contributed by atoms with Gasteiger partial charge in [-0.25, -0.2) is 0 Å². The highest BCUT2D eigenvalue weighted by Crippen LogP contribution is 2.32. The van der Waals surface area contributed by atoms with E-state index in [1.807, 2.05) is 42.5 Å². The second kappa shape index (κ2) is 8.74. The number of anilines is 1. The standard InChI is InChI=1S/C21H19N3O4S/c1-26-16-7-2-14(3-8-16)6-11-20-23-24-21(29-20)22-19(25)10-5-15-4-9-17-18(12-15)28-13-27-17/h2-5,7-10,12H,6,11,13H2,1H3,(H,22,24,25)/b10-5+. The molecule has 2 aromatic carbocycles. The number of hydrogen-bond acceptors (Lipinski definition) is 7. The van der Waals surface area contributed by atoms with E-state index in [0.717, 1.165) is 29.2 Å². The Morgan fingerprint density at radius 2 is 1.97 bits per heavy atom. The van der Waals surface area contributed by atoms with Crippen molar-refractivity contribution in [1.29, 1.82) is 0 Å². The van der Waals surface area contributed by atoms with E-state index in [0.29, 0.717) is 16.6 Å². The number of nitrogens with one attached hydrogen (secondary N) is 1. The molecule has 0 bridgehead atoms. The molecule has 148 valence electrons. The Balaban J connectivity index is 1.29. The summed E-state index contributed by atoms with van der Waals surface area (Å²) in [5.74, 6) is 1.96. The molecule has 8 heteroatoms. The number of ether oxygens (including phenoxy) is 3. The fraction of sp³-hybridized carbons (Fsp3) is 0.190. The molecule has 3 aromatic rings. The van der Waals surface area contributed by atoms with Crippen molar-refractivity contribution in [3.63, 3.8) is 0 Å². The zero-order valence-electron chi connectivity index (χ0n) is 15.8. The summed E-state index contributed by atoms with van der Waals surface area (Å²) in [5, 5.41) is 12.3. The minimum atomic E-state index is -0.263. The molecule has 1 N–H and O–H groups in total. The van der Waals surface area contributed by atoms with E-state index in [4.69, 9.17) is 14.2 Å². The van der Waals surface area contributed by atoms with Gasteiger partial charge in [0, 0.05) is 12.5 Å². The first kappa shape index (κ1) is 18.9. The van der Waals surface area contributed by atoms with Crippen molar-refractivity contribution in [3.8, 4) is 17.2 Å². The lowest BCUT2D eigenvalue weighted by Crippen LogP contribution is -2.07. The summed E-state index contributed by atoms with van der Waals surface area (Å²) >= 11 is 1.38. The van der Waals surface area contributed by atoms with Crippen LogP contribution in [0, 0.1) is 0 Å². The Hall–Kier alpha value is -3.39. The molecule has 0 spiro atoms. The Bertz CT molecular complexity index is 1030. The first-order valence-electron chi connectivity index (χ1n) is 9.03. The van der Waals surface area contributed by atoms with Gasteiger partial charge in [-0.2, -0.15) is 0 Å². The third kappa shape index (κ3) is 4.91. The van der Waals surface area contributed by atoms with E-state index in [-0.39, 0.29) is 12.7 Å². The Morgan fingerprint density at radius 1 is 1.14 bits per heavy atom. The summed E-state index contributed by atoms with van der Waals surface area (Å²) in [6.45, 7) is 0.223. The van der Waals surface area contributed by atoms with Gasteiger partial charge in [0.2, 0.25) is 17.8 Å². The molecular formula is C21H19N3O4S. The third-order valence-electron chi connectivity index (χ3n) is 4.31. The van der Waals surface area contributed by atoms with Crippen molar-refractivity contribution in [3.05, 3.63) is 64.7 Å². The maximum Gasteiger partial charge on any atom is 0.250 e. The van der Waals surface area contributed by atoms with Crippen LogP contribution in [0.2, 0.25) is 0 Å². The molecule has 0 unspecified atom stereocenters. The second-order valence-corrected chi connectivity index (χ2v) is 7.35. The lowest BCUT2D eigenvalue weighted by Gasteiger charge is -2.01. The minimum Gasteiger partial charge on any atom is -0.497 e. The van der Waals surface area contributed by atoms with Gasteiger partial charge in [-0.05, 0) is 47.9 Å². The summed E-state index contributed by atoms with van der Waals surface area (Å²) in [4.78, 5) is 12.1. The van der Waals surface area contributed by atoms with Crippen LogP contribution in [0.1, 0.15) is 16.1 Å². The van der Waals surface area contributed by atoms with Gasteiger partial charge < -0.3 is 14.2 Å². The molecule has 0 radical (unpaired) electrons. The number of fused-ring (bicyclic) bond motifs is 1. The van der Waals surface area contributed by atoms with Gasteiger partial charge in [0.15, 0.2) is 11.5 Å². The molecule has 29 heavy (non-hydrogen) atoms. The summed E-state index contributed by atoms with van der Waals surface area (Å²) < 4.78 is 15.8. The smallest absolute Gasteiger partial charge is 0.250 e. The number of amides is 1. The highest BCUT2D eigenvalue weighted by atomic mass is 32.1. The quantitative estimate of drug-likeness (QED) is 0.599.